The van der Waals surface area contributed by atoms with Crippen LogP contribution in [0.25, 0.3) is 10.2 Å². The quantitative estimate of drug-likeness (QED) is 0.489. The van der Waals surface area contributed by atoms with E-state index in [1.54, 1.807) is 24.5 Å². The highest BCUT2D eigenvalue weighted by Gasteiger charge is 2.17. The molecule has 0 aliphatic heterocycles. The van der Waals surface area contributed by atoms with Crippen LogP contribution in [0, 0.1) is 19.7 Å². The minimum absolute atomic E-state index is 0.119. The number of likely N-dealkylation sites (N-methyl/N-ethyl adjacent to an activating group) is 1. The van der Waals surface area contributed by atoms with Gasteiger partial charge in [0.05, 0.1) is 12.3 Å². The number of anilines is 1. The number of nitrogens with one attached hydrogen (secondary N) is 1. The molecule has 28 heavy (non-hydrogen) atoms. The van der Waals surface area contributed by atoms with E-state index in [2.05, 4.69) is 15.3 Å². The number of hydrogen-bond donors (Lipinski definition) is 1. The number of fused-ring (bicyclic) bond motifs is 1. The Labute approximate surface area is 170 Å². The molecule has 9 heteroatoms. The summed E-state index contributed by atoms with van der Waals surface area (Å²) >= 11 is 2.93. The van der Waals surface area contributed by atoms with E-state index in [1.165, 1.54) is 46.1 Å². The molecule has 0 radical (unpaired) electrons. The maximum absolute atomic E-state index is 13.2. The number of benzene rings is 1. The largest absolute Gasteiger partial charge is 0.336 e. The summed E-state index contributed by atoms with van der Waals surface area (Å²) in [6.07, 6.45) is 1.50. The van der Waals surface area contributed by atoms with Gasteiger partial charge in [-0.25, -0.2) is 14.4 Å². The topological polar surface area (TPSA) is 75.2 Å². The number of hydrogen-bond acceptors (Lipinski definition) is 6. The molecule has 0 aliphatic carbocycles. The predicted molar refractivity (Wildman–Crippen MR) is 110 cm³/mol. The van der Waals surface area contributed by atoms with Gasteiger partial charge in [-0.1, -0.05) is 17.8 Å². The average Bonchev–Trinajstić information content (AvgIpc) is 2.94. The van der Waals surface area contributed by atoms with Crippen molar-refractivity contribution < 1.29 is 14.0 Å². The Hall–Kier alpha value is -2.52. The van der Waals surface area contributed by atoms with Crippen LogP contribution in [0.1, 0.15) is 10.4 Å². The average molecular weight is 419 g/mol. The lowest BCUT2D eigenvalue weighted by atomic mass is 10.2. The van der Waals surface area contributed by atoms with Crippen LogP contribution in [-0.4, -0.2) is 46.0 Å². The summed E-state index contributed by atoms with van der Waals surface area (Å²) in [7, 11) is 1.56. The Kier molecular flexibility index (Phi) is 6.25. The minimum Gasteiger partial charge on any atom is -0.336 e. The third-order valence-corrected chi connectivity index (χ3v) is 6.27. The van der Waals surface area contributed by atoms with Crippen LogP contribution in [-0.2, 0) is 9.59 Å². The number of nitrogens with zero attached hydrogens (tertiary/aromatic N) is 3. The summed E-state index contributed by atoms with van der Waals surface area (Å²) in [5.74, 6) is -0.866. The van der Waals surface area contributed by atoms with Crippen molar-refractivity contribution in [3.05, 3.63) is 46.9 Å². The molecule has 1 N–H and O–H groups in total. The van der Waals surface area contributed by atoms with Gasteiger partial charge in [-0.15, -0.1) is 11.3 Å². The SMILES string of the molecule is Cc1sc2ncnc(SCC(=O)N(C)CC(=O)Nc3cccc(F)c3)c2c1C. The molecule has 2 aromatic heterocycles. The van der Waals surface area contributed by atoms with Crippen molar-refractivity contribution in [2.24, 2.45) is 0 Å². The smallest absolute Gasteiger partial charge is 0.243 e. The Morgan fingerprint density at radius 1 is 1.29 bits per heavy atom. The molecule has 2 heterocycles. The summed E-state index contributed by atoms with van der Waals surface area (Å²) < 4.78 is 13.2. The highest BCUT2D eigenvalue weighted by Crippen LogP contribution is 2.34. The highest BCUT2D eigenvalue weighted by molar-refractivity contribution is 8.00. The summed E-state index contributed by atoms with van der Waals surface area (Å²) in [6, 6.07) is 5.61. The number of thiophene rings is 1. The lowest BCUT2D eigenvalue weighted by molar-refractivity contribution is -0.131. The molecule has 0 saturated carbocycles. The number of thioether (sulfide) groups is 1. The van der Waals surface area contributed by atoms with Gasteiger partial charge in [0, 0.05) is 23.0 Å². The van der Waals surface area contributed by atoms with Gasteiger partial charge in [-0.05, 0) is 37.6 Å². The first-order valence-corrected chi connectivity index (χ1v) is 10.3. The van der Waals surface area contributed by atoms with Crippen molar-refractivity contribution >= 4 is 50.8 Å². The van der Waals surface area contributed by atoms with Crippen molar-refractivity contribution in [3.8, 4) is 0 Å². The fourth-order valence-corrected chi connectivity index (χ4v) is 4.63. The number of aromatic nitrogens is 2. The number of rotatable bonds is 6. The molecule has 3 aromatic rings. The van der Waals surface area contributed by atoms with Crippen LogP contribution < -0.4 is 5.32 Å². The second-order valence-electron chi connectivity index (χ2n) is 6.24. The van der Waals surface area contributed by atoms with E-state index < -0.39 is 5.82 Å². The molecule has 0 aliphatic rings. The molecule has 0 bridgehead atoms. The first-order valence-electron chi connectivity index (χ1n) is 8.48. The van der Waals surface area contributed by atoms with Crippen LogP contribution in [0.15, 0.2) is 35.6 Å². The third-order valence-electron chi connectivity index (χ3n) is 4.18. The van der Waals surface area contributed by atoms with Crippen LogP contribution in [0.3, 0.4) is 0 Å². The lowest BCUT2D eigenvalue weighted by Gasteiger charge is -2.16. The second kappa shape index (κ2) is 8.66. The predicted octanol–water partition coefficient (Wildman–Crippen LogP) is 3.64. The maximum atomic E-state index is 13.2. The molecule has 3 rings (SSSR count). The van der Waals surface area contributed by atoms with Crippen molar-refractivity contribution in [1.29, 1.82) is 0 Å². The Morgan fingerprint density at radius 3 is 2.82 bits per heavy atom. The zero-order valence-electron chi connectivity index (χ0n) is 15.7. The van der Waals surface area contributed by atoms with Crippen molar-refractivity contribution in [2.75, 3.05) is 24.7 Å². The standard InChI is InChI=1S/C19H19FN4O2S2/c1-11-12(2)28-19-17(11)18(21-10-22-19)27-9-16(26)24(3)8-15(25)23-14-6-4-5-13(20)7-14/h4-7,10H,8-9H2,1-3H3,(H,23,25). The van der Waals surface area contributed by atoms with Gasteiger partial charge in [0.25, 0.3) is 0 Å². The number of carbonyl (C=O) groups excluding carboxylic acids is 2. The molecule has 0 spiro atoms. The molecule has 0 saturated heterocycles. The maximum Gasteiger partial charge on any atom is 0.243 e. The van der Waals surface area contributed by atoms with E-state index in [1.807, 2.05) is 13.8 Å². The van der Waals surface area contributed by atoms with E-state index in [9.17, 15) is 14.0 Å². The summed E-state index contributed by atoms with van der Waals surface area (Å²) in [4.78, 5) is 36.5. The van der Waals surface area contributed by atoms with Gasteiger partial charge in [0.15, 0.2) is 0 Å². The van der Waals surface area contributed by atoms with Gasteiger partial charge in [-0.2, -0.15) is 0 Å². The fourth-order valence-electron chi connectivity index (χ4n) is 2.57. The van der Waals surface area contributed by atoms with Gasteiger partial charge < -0.3 is 10.2 Å². The van der Waals surface area contributed by atoms with Crippen molar-refractivity contribution in [2.45, 2.75) is 18.9 Å². The Balaban J connectivity index is 1.58. The zero-order chi connectivity index (χ0) is 20.3. The normalized spacial score (nSPS) is 10.9. The van der Waals surface area contributed by atoms with Crippen molar-refractivity contribution in [1.82, 2.24) is 14.9 Å². The summed E-state index contributed by atoms with van der Waals surface area (Å²) in [5, 5.41) is 4.32. The number of aryl methyl sites for hydroxylation is 2. The summed E-state index contributed by atoms with van der Waals surface area (Å²) in [6.45, 7) is 3.93. The molecule has 0 fully saturated rings. The Bertz CT molecular complexity index is 1040. The van der Waals surface area contributed by atoms with Gasteiger partial charge in [0.1, 0.15) is 22.0 Å². The van der Waals surface area contributed by atoms with Gasteiger partial charge >= 0.3 is 0 Å². The first-order chi connectivity index (χ1) is 13.3. The Morgan fingerprint density at radius 2 is 2.07 bits per heavy atom. The molecule has 0 unspecified atom stereocenters. The monoisotopic (exact) mass is 418 g/mol. The first kappa shape index (κ1) is 20.2. The molecule has 0 atom stereocenters. The molecule has 2 amide bonds. The van der Waals surface area contributed by atoms with E-state index in [4.69, 9.17) is 0 Å². The lowest BCUT2D eigenvalue weighted by Crippen LogP contribution is -2.36. The van der Waals surface area contributed by atoms with Crippen LogP contribution >= 0.6 is 23.1 Å². The molecular weight excluding hydrogens is 399 g/mol. The van der Waals surface area contributed by atoms with Crippen LogP contribution in [0.5, 0.6) is 0 Å². The van der Waals surface area contributed by atoms with Gasteiger partial charge in [-0.3, -0.25) is 9.59 Å². The van der Waals surface area contributed by atoms with Crippen LogP contribution in [0.4, 0.5) is 10.1 Å². The molecule has 146 valence electrons. The van der Waals surface area contributed by atoms with Crippen molar-refractivity contribution in [3.63, 3.8) is 0 Å². The van der Waals surface area contributed by atoms with Gasteiger partial charge in [0.2, 0.25) is 11.8 Å². The fraction of sp³-hybridized carbons (Fsp3) is 0.263. The van der Waals surface area contributed by atoms with E-state index >= 15 is 0 Å². The third kappa shape index (κ3) is 4.66. The molecular formula is C19H19FN4O2S2. The zero-order valence-corrected chi connectivity index (χ0v) is 17.3. The number of halogens is 1. The molecule has 1 aromatic carbocycles. The highest BCUT2D eigenvalue weighted by atomic mass is 32.2. The van der Waals surface area contributed by atoms with Crippen LogP contribution in [0.2, 0.25) is 0 Å². The van der Waals surface area contributed by atoms with E-state index in [-0.39, 0.29) is 24.1 Å². The molecule has 6 nitrogen and oxygen atoms in total. The van der Waals surface area contributed by atoms with E-state index in [0.717, 1.165) is 20.8 Å². The number of carbonyl (C=O) groups is 2. The second-order valence-corrected chi connectivity index (χ2v) is 8.41. The van der Waals surface area contributed by atoms with E-state index in [0.29, 0.717) is 5.69 Å². The minimum atomic E-state index is -0.436. The summed E-state index contributed by atoms with van der Waals surface area (Å²) in [5.41, 5.74) is 1.48. The number of amides is 2.